The predicted molar refractivity (Wildman–Crippen MR) is 80.0 cm³/mol. The maximum absolute atomic E-state index is 4.15. The van der Waals surface area contributed by atoms with E-state index in [9.17, 15) is 0 Å². The van der Waals surface area contributed by atoms with Crippen molar-refractivity contribution in [2.75, 3.05) is 24.3 Å². The van der Waals surface area contributed by atoms with Crippen LogP contribution < -0.4 is 10.2 Å². The standard InChI is InChI=1S/C14H16BrN3/c1-18(2)14-5-3-4-13(7-14)17-9-11-6-12(15)10-16-8-11/h3-8,10,17H,9H2,1-2H3. The second kappa shape index (κ2) is 5.87. The summed E-state index contributed by atoms with van der Waals surface area (Å²) >= 11 is 3.42. The minimum atomic E-state index is 0.767. The van der Waals surface area contributed by atoms with Crippen molar-refractivity contribution < 1.29 is 0 Å². The maximum Gasteiger partial charge on any atom is 0.0416 e. The van der Waals surface area contributed by atoms with Gasteiger partial charge >= 0.3 is 0 Å². The van der Waals surface area contributed by atoms with Crippen LogP contribution in [-0.4, -0.2) is 19.1 Å². The Balaban J connectivity index is 2.04. The lowest BCUT2D eigenvalue weighted by Gasteiger charge is -2.14. The Morgan fingerprint density at radius 1 is 1.22 bits per heavy atom. The van der Waals surface area contributed by atoms with Gasteiger partial charge in [-0.05, 0) is 45.8 Å². The molecule has 1 N–H and O–H groups in total. The highest BCUT2D eigenvalue weighted by atomic mass is 79.9. The molecule has 1 aromatic carbocycles. The van der Waals surface area contributed by atoms with Gasteiger partial charge in [0.1, 0.15) is 0 Å². The van der Waals surface area contributed by atoms with Crippen LogP contribution in [-0.2, 0) is 6.54 Å². The molecule has 3 nitrogen and oxygen atoms in total. The van der Waals surface area contributed by atoms with E-state index in [4.69, 9.17) is 0 Å². The molecule has 0 aliphatic carbocycles. The quantitative estimate of drug-likeness (QED) is 0.937. The first-order valence-corrected chi connectivity index (χ1v) is 6.55. The summed E-state index contributed by atoms with van der Waals surface area (Å²) in [5, 5.41) is 3.40. The number of aromatic nitrogens is 1. The van der Waals surface area contributed by atoms with Crippen molar-refractivity contribution in [3.8, 4) is 0 Å². The van der Waals surface area contributed by atoms with Crippen LogP contribution >= 0.6 is 15.9 Å². The van der Waals surface area contributed by atoms with E-state index in [1.54, 1.807) is 6.20 Å². The fourth-order valence-corrected chi connectivity index (χ4v) is 2.06. The largest absolute Gasteiger partial charge is 0.381 e. The average Bonchev–Trinajstić information content (AvgIpc) is 2.37. The van der Waals surface area contributed by atoms with Crippen molar-refractivity contribution in [2.24, 2.45) is 0 Å². The average molecular weight is 306 g/mol. The van der Waals surface area contributed by atoms with Crippen molar-refractivity contribution in [1.82, 2.24) is 4.98 Å². The molecule has 0 fully saturated rings. The van der Waals surface area contributed by atoms with Crippen LogP contribution in [0, 0.1) is 0 Å². The molecule has 0 unspecified atom stereocenters. The molecule has 0 aliphatic heterocycles. The van der Waals surface area contributed by atoms with E-state index >= 15 is 0 Å². The van der Waals surface area contributed by atoms with Crippen LogP contribution in [0.4, 0.5) is 11.4 Å². The lowest BCUT2D eigenvalue weighted by molar-refractivity contribution is 1.10. The summed E-state index contributed by atoms with van der Waals surface area (Å²) in [6.45, 7) is 0.767. The zero-order valence-corrected chi connectivity index (χ0v) is 12.1. The molecule has 1 aromatic heterocycles. The lowest BCUT2D eigenvalue weighted by Crippen LogP contribution is -2.09. The Morgan fingerprint density at radius 2 is 2.06 bits per heavy atom. The minimum absolute atomic E-state index is 0.767. The van der Waals surface area contributed by atoms with E-state index in [2.05, 4.69) is 61.5 Å². The first-order valence-electron chi connectivity index (χ1n) is 5.76. The summed E-state index contributed by atoms with van der Waals surface area (Å²) in [6, 6.07) is 10.4. The number of nitrogens with zero attached hydrogens (tertiary/aromatic N) is 2. The SMILES string of the molecule is CN(C)c1cccc(NCc2cncc(Br)c2)c1. The van der Waals surface area contributed by atoms with E-state index in [0.717, 1.165) is 22.3 Å². The van der Waals surface area contributed by atoms with Crippen LogP contribution in [0.5, 0.6) is 0 Å². The van der Waals surface area contributed by atoms with Gasteiger partial charge in [0.05, 0.1) is 0 Å². The molecule has 0 atom stereocenters. The van der Waals surface area contributed by atoms with Gasteiger partial charge in [-0.3, -0.25) is 4.98 Å². The number of hydrogen-bond acceptors (Lipinski definition) is 3. The van der Waals surface area contributed by atoms with Crippen LogP contribution in [0.15, 0.2) is 47.2 Å². The molecule has 2 rings (SSSR count). The van der Waals surface area contributed by atoms with E-state index in [0.29, 0.717) is 0 Å². The fourth-order valence-electron chi connectivity index (χ4n) is 1.65. The first kappa shape index (κ1) is 12.9. The summed E-state index contributed by atoms with van der Waals surface area (Å²) in [6.07, 6.45) is 3.66. The smallest absolute Gasteiger partial charge is 0.0416 e. The summed E-state index contributed by atoms with van der Waals surface area (Å²) < 4.78 is 1.00. The van der Waals surface area contributed by atoms with Gasteiger partial charge in [-0.25, -0.2) is 0 Å². The predicted octanol–water partition coefficient (Wildman–Crippen LogP) is 3.52. The lowest BCUT2D eigenvalue weighted by atomic mass is 10.2. The van der Waals surface area contributed by atoms with Crippen molar-refractivity contribution >= 4 is 27.3 Å². The third-order valence-corrected chi connectivity index (χ3v) is 3.05. The molecule has 0 bridgehead atoms. The third-order valence-electron chi connectivity index (χ3n) is 2.62. The Hall–Kier alpha value is -1.55. The number of hydrogen-bond donors (Lipinski definition) is 1. The van der Waals surface area contributed by atoms with Crippen molar-refractivity contribution in [2.45, 2.75) is 6.54 Å². The van der Waals surface area contributed by atoms with Gasteiger partial charge in [0, 0.05) is 48.9 Å². The molecule has 0 amide bonds. The second-order valence-electron chi connectivity index (χ2n) is 4.31. The Morgan fingerprint density at radius 3 is 2.78 bits per heavy atom. The molecule has 0 aliphatic rings. The van der Waals surface area contributed by atoms with E-state index in [1.807, 2.05) is 20.3 Å². The van der Waals surface area contributed by atoms with E-state index in [1.165, 1.54) is 5.69 Å². The Kier molecular flexibility index (Phi) is 4.20. The molecular formula is C14H16BrN3. The molecule has 18 heavy (non-hydrogen) atoms. The second-order valence-corrected chi connectivity index (χ2v) is 5.23. The molecule has 4 heteroatoms. The summed E-state index contributed by atoms with van der Waals surface area (Å²) in [5.41, 5.74) is 3.45. The third kappa shape index (κ3) is 3.47. The minimum Gasteiger partial charge on any atom is -0.381 e. The van der Waals surface area contributed by atoms with Gasteiger partial charge < -0.3 is 10.2 Å². The number of pyridine rings is 1. The van der Waals surface area contributed by atoms with Gasteiger partial charge in [0.15, 0.2) is 0 Å². The number of rotatable bonds is 4. The first-order chi connectivity index (χ1) is 8.65. The number of benzene rings is 1. The van der Waals surface area contributed by atoms with Crippen LogP contribution in [0.2, 0.25) is 0 Å². The summed E-state index contributed by atoms with van der Waals surface area (Å²) in [4.78, 5) is 6.24. The molecule has 0 saturated carbocycles. The maximum atomic E-state index is 4.15. The number of anilines is 2. The van der Waals surface area contributed by atoms with Crippen molar-refractivity contribution in [3.05, 3.63) is 52.8 Å². The topological polar surface area (TPSA) is 28.2 Å². The van der Waals surface area contributed by atoms with Crippen molar-refractivity contribution in [3.63, 3.8) is 0 Å². The Bertz CT molecular complexity index is 526. The van der Waals surface area contributed by atoms with Crippen molar-refractivity contribution in [1.29, 1.82) is 0 Å². The summed E-state index contributed by atoms with van der Waals surface area (Å²) in [5.74, 6) is 0. The molecule has 0 spiro atoms. The van der Waals surface area contributed by atoms with E-state index in [-0.39, 0.29) is 0 Å². The fraction of sp³-hybridized carbons (Fsp3) is 0.214. The molecule has 0 radical (unpaired) electrons. The highest BCUT2D eigenvalue weighted by Crippen LogP contribution is 2.18. The normalized spacial score (nSPS) is 10.2. The van der Waals surface area contributed by atoms with Gasteiger partial charge in [0.25, 0.3) is 0 Å². The molecular weight excluding hydrogens is 290 g/mol. The van der Waals surface area contributed by atoms with E-state index < -0.39 is 0 Å². The number of nitrogens with one attached hydrogen (secondary N) is 1. The zero-order valence-electron chi connectivity index (χ0n) is 10.5. The van der Waals surface area contributed by atoms with Gasteiger partial charge in [-0.2, -0.15) is 0 Å². The van der Waals surface area contributed by atoms with Gasteiger partial charge in [0.2, 0.25) is 0 Å². The van der Waals surface area contributed by atoms with Crippen LogP contribution in [0.25, 0.3) is 0 Å². The number of halogens is 1. The van der Waals surface area contributed by atoms with Gasteiger partial charge in [-0.1, -0.05) is 6.07 Å². The zero-order chi connectivity index (χ0) is 13.0. The van der Waals surface area contributed by atoms with Crippen LogP contribution in [0.3, 0.4) is 0 Å². The molecule has 1 heterocycles. The monoisotopic (exact) mass is 305 g/mol. The Labute approximate surface area is 116 Å². The van der Waals surface area contributed by atoms with Gasteiger partial charge in [-0.15, -0.1) is 0 Å². The summed E-state index contributed by atoms with van der Waals surface area (Å²) in [7, 11) is 4.08. The van der Waals surface area contributed by atoms with Crippen LogP contribution in [0.1, 0.15) is 5.56 Å². The molecule has 0 saturated heterocycles. The highest BCUT2D eigenvalue weighted by molar-refractivity contribution is 9.10. The molecule has 2 aromatic rings. The highest BCUT2D eigenvalue weighted by Gasteiger charge is 1.98. The molecule has 94 valence electrons.